The first kappa shape index (κ1) is 16.9. The summed E-state index contributed by atoms with van der Waals surface area (Å²) in [5, 5.41) is 0. The summed E-state index contributed by atoms with van der Waals surface area (Å²) in [5.41, 5.74) is 3.19. The lowest BCUT2D eigenvalue weighted by Crippen LogP contribution is -2.47. The fraction of sp³-hybridized carbons (Fsp3) is 0.391. The zero-order chi connectivity index (χ0) is 19.8. The highest BCUT2D eigenvalue weighted by Crippen LogP contribution is 2.54. The second-order valence-corrected chi connectivity index (χ2v) is 8.38. The number of fused-ring (bicyclic) bond motifs is 5. The maximum atomic E-state index is 13.9. The van der Waals surface area contributed by atoms with Crippen molar-refractivity contribution in [3.63, 3.8) is 0 Å². The number of likely N-dealkylation sites (N-methyl/N-ethyl adjacent to an activating group) is 1. The summed E-state index contributed by atoms with van der Waals surface area (Å²) < 4.78 is 11.7. The van der Waals surface area contributed by atoms with Crippen molar-refractivity contribution in [2.75, 3.05) is 31.7 Å². The van der Waals surface area contributed by atoms with Crippen LogP contribution in [0.1, 0.15) is 29.5 Å². The van der Waals surface area contributed by atoms with E-state index in [9.17, 15) is 9.59 Å². The number of carbonyl (C=O) groups is 2. The van der Waals surface area contributed by atoms with Crippen LogP contribution >= 0.6 is 0 Å². The molecule has 2 amide bonds. The van der Waals surface area contributed by atoms with E-state index in [4.69, 9.17) is 9.47 Å². The Hall–Kier alpha value is -3.02. The lowest BCUT2D eigenvalue weighted by molar-refractivity contribution is -0.128. The van der Waals surface area contributed by atoms with Crippen molar-refractivity contribution in [1.29, 1.82) is 0 Å². The van der Waals surface area contributed by atoms with E-state index < -0.39 is 5.41 Å². The molecule has 4 aliphatic rings. The van der Waals surface area contributed by atoms with E-state index in [2.05, 4.69) is 6.07 Å². The quantitative estimate of drug-likeness (QED) is 0.789. The Bertz CT molecular complexity index is 1060. The van der Waals surface area contributed by atoms with Gasteiger partial charge in [0.1, 0.15) is 23.5 Å². The standard InChI is InChI=1S/C23H22N2O4/c1-24-15(6-7-21(24)26)12-25-18-5-3-2-4-16(18)23(22(25)27)13-29-20-11-19-14(8-9-28-19)10-17(20)23/h2-5,10-11,15H,6-9,12-13H2,1H3. The number of hydrogen-bond donors (Lipinski definition) is 0. The number of hydrogen-bond acceptors (Lipinski definition) is 4. The number of ether oxygens (including phenoxy) is 2. The number of rotatable bonds is 2. The highest BCUT2D eigenvalue weighted by molar-refractivity contribution is 6.11. The van der Waals surface area contributed by atoms with E-state index in [0.29, 0.717) is 26.2 Å². The summed E-state index contributed by atoms with van der Waals surface area (Å²) in [4.78, 5) is 29.6. The van der Waals surface area contributed by atoms with Gasteiger partial charge in [0.2, 0.25) is 11.8 Å². The van der Waals surface area contributed by atoms with Crippen LogP contribution in [0.25, 0.3) is 0 Å². The second kappa shape index (κ2) is 5.75. The van der Waals surface area contributed by atoms with Crippen LogP contribution < -0.4 is 14.4 Å². The summed E-state index contributed by atoms with van der Waals surface area (Å²) in [7, 11) is 1.83. The van der Waals surface area contributed by atoms with Crippen molar-refractivity contribution in [2.45, 2.75) is 30.7 Å². The zero-order valence-corrected chi connectivity index (χ0v) is 16.3. The van der Waals surface area contributed by atoms with Crippen molar-refractivity contribution in [1.82, 2.24) is 4.90 Å². The number of nitrogens with zero attached hydrogens (tertiary/aromatic N) is 2. The summed E-state index contributed by atoms with van der Waals surface area (Å²) >= 11 is 0. The Kier molecular flexibility index (Phi) is 3.35. The molecule has 2 aromatic rings. The van der Waals surface area contributed by atoms with Gasteiger partial charge in [0.05, 0.1) is 6.61 Å². The van der Waals surface area contributed by atoms with Crippen molar-refractivity contribution in [2.24, 2.45) is 0 Å². The van der Waals surface area contributed by atoms with Gasteiger partial charge in [-0.15, -0.1) is 0 Å². The van der Waals surface area contributed by atoms with E-state index in [1.165, 1.54) is 0 Å². The topological polar surface area (TPSA) is 59.1 Å². The van der Waals surface area contributed by atoms with Crippen LogP contribution in [0.15, 0.2) is 36.4 Å². The highest BCUT2D eigenvalue weighted by atomic mass is 16.5. The monoisotopic (exact) mass is 390 g/mol. The Morgan fingerprint density at radius 2 is 1.93 bits per heavy atom. The lowest BCUT2D eigenvalue weighted by atomic mass is 9.76. The van der Waals surface area contributed by atoms with Gasteiger partial charge in [-0.3, -0.25) is 9.59 Å². The number of benzene rings is 2. The van der Waals surface area contributed by atoms with Crippen LogP contribution in [0, 0.1) is 0 Å². The van der Waals surface area contributed by atoms with E-state index in [-0.39, 0.29) is 17.9 Å². The van der Waals surface area contributed by atoms with Crippen molar-refractivity contribution < 1.29 is 19.1 Å². The predicted molar refractivity (Wildman–Crippen MR) is 107 cm³/mol. The Labute approximate surface area is 169 Å². The molecule has 6 rings (SSSR count). The Morgan fingerprint density at radius 3 is 2.76 bits per heavy atom. The number of amides is 2. The summed E-state index contributed by atoms with van der Waals surface area (Å²) in [6, 6.07) is 12.1. The molecule has 2 atom stereocenters. The molecule has 1 spiro atoms. The molecule has 0 radical (unpaired) electrons. The van der Waals surface area contributed by atoms with E-state index >= 15 is 0 Å². The largest absolute Gasteiger partial charge is 0.493 e. The number of para-hydroxylation sites is 1. The Morgan fingerprint density at radius 1 is 1.07 bits per heavy atom. The first-order valence-electron chi connectivity index (χ1n) is 10.2. The van der Waals surface area contributed by atoms with Gasteiger partial charge in [-0.2, -0.15) is 0 Å². The molecule has 6 nitrogen and oxygen atoms in total. The van der Waals surface area contributed by atoms with Crippen LogP contribution in [0.4, 0.5) is 5.69 Å². The lowest BCUT2D eigenvalue weighted by Gasteiger charge is -2.28. The predicted octanol–water partition coefficient (Wildman–Crippen LogP) is 2.27. The third-order valence-electron chi connectivity index (χ3n) is 6.99. The van der Waals surface area contributed by atoms with Crippen molar-refractivity contribution in [3.05, 3.63) is 53.1 Å². The van der Waals surface area contributed by atoms with Crippen molar-refractivity contribution >= 4 is 17.5 Å². The molecule has 0 saturated carbocycles. The van der Waals surface area contributed by atoms with Gasteiger partial charge < -0.3 is 19.3 Å². The minimum absolute atomic E-state index is 0.0454. The third-order valence-corrected chi connectivity index (χ3v) is 6.99. The molecule has 148 valence electrons. The third kappa shape index (κ3) is 2.11. The van der Waals surface area contributed by atoms with Gasteiger partial charge in [0, 0.05) is 49.8 Å². The summed E-state index contributed by atoms with van der Waals surface area (Å²) in [6.45, 7) is 1.49. The maximum absolute atomic E-state index is 13.9. The van der Waals surface area contributed by atoms with Gasteiger partial charge in [-0.05, 0) is 29.7 Å². The average Bonchev–Trinajstić information content (AvgIpc) is 3.47. The molecule has 1 fully saturated rings. The van der Waals surface area contributed by atoms with E-state index in [1.54, 1.807) is 4.90 Å². The molecule has 4 heterocycles. The van der Waals surface area contributed by atoms with Gasteiger partial charge >= 0.3 is 0 Å². The normalized spacial score (nSPS) is 26.6. The molecule has 0 aromatic heterocycles. The molecule has 0 bridgehead atoms. The summed E-state index contributed by atoms with van der Waals surface area (Å²) in [5.74, 6) is 1.80. The van der Waals surface area contributed by atoms with Crippen LogP contribution in [0.2, 0.25) is 0 Å². The molecule has 0 N–H and O–H groups in total. The summed E-state index contributed by atoms with van der Waals surface area (Å²) in [6.07, 6.45) is 2.19. The number of carbonyl (C=O) groups excluding carboxylic acids is 2. The molecular formula is C23H22N2O4. The van der Waals surface area contributed by atoms with Gasteiger partial charge in [0.15, 0.2) is 0 Å². The zero-order valence-electron chi connectivity index (χ0n) is 16.3. The first-order valence-corrected chi connectivity index (χ1v) is 10.2. The van der Waals surface area contributed by atoms with Crippen molar-refractivity contribution in [3.8, 4) is 11.5 Å². The first-order chi connectivity index (χ1) is 14.1. The fourth-order valence-electron chi connectivity index (χ4n) is 5.32. The van der Waals surface area contributed by atoms with Crippen LogP contribution in [0.3, 0.4) is 0 Å². The molecule has 2 unspecified atom stereocenters. The SMILES string of the molecule is CN1C(=O)CCC1CN1C(=O)C2(COc3cc4c(cc32)CCO4)c2ccccc21. The van der Waals surface area contributed by atoms with E-state index in [0.717, 1.165) is 46.7 Å². The van der Waals surface area contributed by atoms with Gasteiger partial charge in [-0.25, -0.2) is 0 Å². The number of likely N-dealkylation sites (tertiary alicyclic amines) is 1. The van der Waals surface area contributed by atoms with Crippen LogP contribution in [0.5, 0.6) is 11.5 Å². The molecule has 4 aliphatic heterocycles. The van der Waals surface area contributed by atoms with Gasteiger partial charge in [0.25, 0.3) is 0 Å². The fourth-order valence-corrected chi connectivity index (χ4v) is 5.32. The molecular weight excluding hydrogens is 368 g/mol. The molecule has 2 aromatic carbocycles. The van der Waals surface area contributed by atoms with Crippen LogP contribution in [-0.2, 0) is 21.4 Å². The van der Waals surface area contributed by atoms with E-state index in [1.807, 2.05) is 42.3 Å². The van der Waals surface area contributed by atoms with Gasteiger partial charge in [-0.1, -0.05) is 18.2 Å². The molecule has 1 saturated heterocycles. The Balaban J connectivity index is 1.46. The number of anilines is 1. The minimum atomic E-state index is -0.815. The van der Waals surface area contributed by atoms with Crippen LogP contribution in [-0.4, -0.2) is 49.6 Å². The minimum Gasteiger partial charge on any atom is -0.493 e. The molecule has 6 heteroatoms. The average molecular weight is 390 g/mol. The molecule has 29 heavy (non-hydrogen) atoms. The second-order valence-electron chi connectivity index (χ2n) is 8.38. The smallest absolute Gasteiger partial charge is 0.245 e. The molecule has 0 aliphatic carbocycles. The highest BCUT2D eigenvalue weighted by Gasteiger charge is 2.57. The maximum Gasteiger partial charge on any atom is 0.245 e.